The second-order valence-electron chi connectivity index (χ2n) is 5.04. The van der Waals surface area contributed by atoms with Gasteiger partial charge >= 0.3 is 7.12 Å². The van der Waals surface area contributed by atoms with Crippen LogP contribution in [0, 0.1) is 0 Å². The number of nitrogens with zero attached hydrogens (tertiary/aromatic N) is 1. The van der Waals surface area contributed by atoms with Gasteiger partial charge in [0.1, 0.15) is 0 Å². The molecular formula is C14H23BN2O4. The molecule has 0 spiro atoms. The third kappa shape index (κ3) is 5.02. The van der Waals surface area contributed by atoms with Gasteiger partial charge in [0.25, 0.3) is 5.91 Å². The van der Waals surface area contributed by atoms with Gasteiger partial charge in [0.05, 0.1) is 5.94 Å². The molecular weight excluding hydrogens is 271 g/mol. The van der Waals surface area contributed by atoms with Crippen LogP contribution in [-0.2, 0) is 9.45 Å². The maximum absolute atomic E-state index is 12.1. The van der Waals surface area contributed by atoms with Gasteiger partial charge in [-0.25, -0.2) is 0 Å². The lowest BCUT2D eigenvalue weighted by Gasteiger charge is -2.31. The monoisotopic (exact) mass is 294 g/mol. The molecule has 0 aromatic rings. The minimum Gasteiger partial charge on any atom is -0.426 e. The average molecular weight is 294 g/mol. The first-order chi connectivity index (χ1) is 10.0. The molecule has 2 atom stereocenters. The Bertz CT molecular complexity index is 448. The molecule has 1 amide bonds. The molecule has 1 fully saturated rings. The Morgan fingerprint density at radius 2 is 2.24 bits per heavy atom. The summed E-state index contributed by atoms with van der Waals surface area (Å²) < 4.78 is 5.40. The molecule has 1 heterocycles. The summed E-state index contributed by atoms with van der Waals surface area (Å²) in [6, 6.07) is 0. The van der Waals surface area contributed by atoms with E-state index in [4.69, 9.17) is 9.86 Å². The molecule has 1 rings (SSSR count). The van der Waals surface area contributed by atoms with E-state index in [1.54, 1.807) is 25.2 Å². The molecule has 116 valence electrons. The molecule has 2 unspecified atom stereocenters. The summed E-state index contributed by atoms with van der Waals surface area (Å²) in [5, 5.41) is 24.6. The van der Waals surface area contributed by atoms with Crippen molar-refractivity contribution in [2.45, 2.75) is 52.1 Å². The molecule has 1 aliphatic rings. The summed E-state index contributed by atoms with van der Waals surface area (Å²) in [5.74, 6) is -1.02. The zero-order valence-corrected chi connectivity index (χ0v) is 12.7. The van der Waals surface area contributed by atoms with Crippen LogP contribution in [0.15, 0.2) is 29.0 Å². The van der Waals surface area contributed by atoms with Gasteiger partial charge in [-0.1, -0.05) is 30.3 Å². The second kappa shape index (κ2) is 8.64. The summed E-state index contributed by atoms with van der Waals surface area (Å²) in [6.45, 7) is 5.51. The maximum Gasteiger partial charge on any atom is 0.478 e. The van der Waals surface area contributed by atoms with E-state index < -0.39 is 19.0 Å². The Hall–Kier alpha value is -1.60. The van der Waals surface area contributed by atoms with Crippen LogP contribution in [0.25, 0.3) is 0 Å². The zero-order valence-electron chi connectivity index (χ0n) is 12.7. The van der Waals surface area contributed by atoms with E-state index in [1.807, 2.05) is 13.8 Å². The maximum atomic E-state index is 12.1. The standard InChI is InChI=1S/C14H23BN2O4/c1-4-6-7-10(3)13(17-20)14(18)16-12-9-8-11(5-2)21-15(12)19/h4,6-7,11-12,19-20H,5,8-9H2,1-3H3,(H,16,18)/b6-4-,10-7+,17-13-. The average Bonchev–Trinajstić information content (AvgIpc) is 2.47. The highest BCUT2D eigenvalue weighted by Gasteiger charge is 2.36. The Labute approximate surface area is 125 Å². The van der Waals surface area contributed by atoms with E-state index in [0.29, 0.717) is 12.0 Å². The summed E-state index contributed by atoms with van der Waals surface area (Å²) in [7, 11) is -1.03. The molecule has 21 heavy (non-hydrogen) atoms. The van der Waals surface area contributed by atoms with E-state index in [0.717, 1.165) is 12.8 Å². The molecule has 0 saturated carbocycles. The van der Waals surface area contributed by atoms with Gasteiger partial charge in [0.2, 0.25) is 0 Å². The first-order valence-corrected chi connectivity index (χ1v) is 7.19. The van der Waals surface area contributed by atoms with Crippen molar-refractivity contribution in [2.75, 3.05) is 0 Å². The minimum atomic E-state index is -1.03. The third-order valence-electron chi connectivity index (χ3n) is 3.47. The highest BCUT2D eigenvalue weighted by molar-refractivity contribution is 6.49. The molecule has 0 aromatic heterocycles. The predicted octanol–water partition coefficient (Wildman–Crippen LogP) is 1.43. The predicted molar refractivity (Wildman–Crippen MR) is 82.1 cm³/mol. The van der Waals surface area contributed by atoms with E-state index in [-0.39, 0.29) is 11.8 Å². The SMILES string of the molecule is C\C=C/C=C(C)/C(=N/O)C(=O)NC1CCC(CC)OB1O. The largest absolute Gasteiger partial charge is 0.478 e. The van der Waals surface area contributed by atoms with Crippen molar-refractivity contribution in [3.05, 3.63) is 23.8 Å². The van der Waals surface area contributed by atoms with E-state index in [1.165, 1.54) is 0 Å². The summed E-state index contributed by atoms with van der Waals surface area (Å²) >= 11 is 0. The van der Waals surface area contributed by atoms with Crippen molar-refractivity contribution >= 4 is 18.7 Å². The van der Waals surface area contributed by atoms with Crippen LogP contribution in [0.5, 0.6) is 0 Å². The van der Waals surface area contributed by atoms with Gasteiger partial charge in [0, 0.05) is 6.10 Å². The number of oxime groups is 1. The first kappa shape index (κ1) is 17.5. The topological polar surface area (TPSA) is 91.2 Å². The normalized spacial score (nSPS) is 24.5. The Balaban J connectivity index is 2.67. The van der Waals surface area contributed by atoms with E-state index in [9.17, 15) is 9.82 Å². The van der Waals surface area contributed by atoms with Gasteiger partial charge in [-0.15, -0.1) is 0 Å². The number of amides is 1. The molecule has 0 radical (unpaired) electrons. The summed E-state index contributed by atoms with van der Waals surface area (Å²) in [5.41, 5.74) is 0.462. The quantitative estimate of drug-likeness (QED) is 0.235. The lowest BCUT2D eigenvalue weighted by Crippen LogP contribution is -2.54. The number of rotatable bonds is 5. The van der Waals surface area contributed by atoms with Crippen molar-refractivity contribution in [2.24, 2.45) is 5.16 Å². The fourth-order valence-corrected chi connectivity index (χ4v) is 2.17. The third-order valence-corrected chi connectivity index (χ3v) is 3.47. The van der Waals surface area contributed by atoms with Crippen LogP contribution in [0.3, 0.4) is 0 Å². The van der Waals surface area contributed by atoms with Gasteiger partial charge in [-0.3, -0.25) is 4.79 Å². The van der Waals surface area contributed by atoms with Crippen molar-refractivity contribution in [1.82, 2.24) is 5.32 Å². The second-order valence-corrected chi connectivity index (χ2v) is 5.04. The summed E-state index contributed by atoms with van der Waals surface area (Å²) in [6.07, 6.45) is 7.48. The lowest BCUT2D eigenvalue weighted by molar-refractivity contribution is -0.115. The number of hydrogen-bond acceptors (Lipinski definition) is 5. The minimum absolute atomic E-state index is 0.0236. The van der Waals surface area contributed by atoms with Crippen LogP contribution in [0.2, 0.25) is 0 Å². The van der Waals surface area contributed by atoms with Gasteiger partial charge in [-0.2, -0.15) is 0 Å². The van der Waals surface area contributed by atoms with Crippen LogP contribution in [0.4, 0.5) is 0 Å². The van der Waals surface area contributed by atoms with E-state index in [2.05, 4.69) is 10.5 Å². The smallest absolute Gasteiger partial charge is 0.426 e. The Morgan fingerprint density at radius 3 is 2.76 bits per heavy atom. The lowest BCUT2D eigenvalue weighted by atomic mass is 9.72. The number of nitrogens with one attached hydrogen (secondary N) is 1. The van der Waals surface area contributed by atoms with Crippen molar-refractivity contribution in [3.8, 4) is 0 Å². The van der Waals surface area contributed by atoms with Crippen molar-refractivity contribution in [1.29, 1.82) is 0 Å². The number of hydrogen-bond donors (Lipinski definition) is 3. The fourth-order valence-electron chi connectivity index (χ4n) is 2.17. The molecule has 1 saturated heterocycles. The number of allylic oxidation sites excluding steroid dienone is 3. The van der Waals surface area contributed by atoms with Crippen LogP contribution >= 0.6 is 0 Å². The molecule has 6 nitrogen and oxygen atoms in total. The Kier molecular flexibility index (Phi) is 7.18. The van der Waals surface area contributed by atoms with E-state index >= 15 is 0 Å². The molecule has 0 bridgehead atoms. The van der Waals surface area contributed by atoms with Gasteiger partial charge in [0.15, 0.2) is 5.71 Å². The van der Waals surface area contributed by atoms with Crippen molar-refractivity contribution in [3.63, 3.8) is 0 Å². The molecule has 7 heteroatoms. The first-order valence-electron chi connectivity index (χ1n) is 7.19. The van der Waals surface area contributed by atoms with Crippen LogP contribution in [-0.4, -0.2) is 41.0 Å². The van der Waals surface area contributed by atoms with Crippen LogP contribution in [0.1, 0.15) is 40.0 Å². The van der Waals surface area contributed by atoms with Gasteiger partial charge < -0.3 is 20.2 Å². The number of carbonyl (C=O) groups excluding carboxylic acids is 1. The highest BCUT2D eigenvalue weighted by Crippen LogP contribution is 2.18. The zero-order chi connectivity index (χ0) is 15.8. The molecule has 0 aliphatic carbocycles. The van der Waals surface area contributed by atoms with Crippen molar-refractivity contribution < 1.29 is 19.7 Å². The Morgan fingerprint density at radius 1 is 1.52 bits per heavy atom. The number of carbonyl (C=O) groups is 1. The van der Waals surface area contributed by atoms with Crippen LogP contribution < -0.4 is 5.32 Å². The highest BCUT2D eigenvalue weighted by atomic mass is 16.5. The summed E-state index contributed by atoms with van der Waals surface area (Å²) in [4.78, 5) is 12.1. The molecule has 1 aliphatic heterocycles. The fraction of sp³-hybridized carbons (Fsp3) is 0.571. The van der Waals surface area contributed by atoms with Gasteiger partial charge in [-0.05, 0) is 38.7 Å². The molecule has 3 N–H and O–H groups in total. The molecule has 0 aromatic carbocycles.